The molecule has 1 aromatic heterocycles. The maximum atomic E-state index is 12.7. The lowest BCUT2D eigenvalue weighted by molar-refractivity contribution is 0.271. The largest absolute Gasteiger partial charge is 0.396 e. The fraction of sp³-hybridized carbons (Fsp3) is 0.308. The second kappa shape index (κ2) is 5.38. The molecule has 17 heavy (non-hydrogen) atoms. The van der Waals surface area contributed by atoms with E-state index in [0.717, 1.165) is 16.3 Å². The van der Waals surface area contributed by atoms with E-state index in [1.54, 1.807) is 23.5 Å². The van der Waals surface area contributed by atoms with Gasteiger partial charge in [-0.25, -0.2) is 9.37 Å². The van der Waals surface area contributed by atoms with Crippen molar-refractivity contribution in [2.45, 2.75) is 19.3 Å². The van der Waals surface area contributed by atoms with Crippen LogP contribution in [0.3, 0.4) is 0 Å². The standard InChI is InChI=1S/C13H14FNOS/c1-9(7-16)12-8-17-13(15-12)6-10-2-4-11(14)5-3-10/h2-5,8-9,16H,6-7H2,1H3. The summed E-state index contributed by atoms with van der Waals surface area (Å²) >= 11 is 1.58. The number of halogens is 1. The lowest BCUT2D eigenvalue weighted by atomic mass is 10.1. The number of hydrogen-bond acceptors (Lipinski definition) is 3. The highest BCUT2D eigenvalue weighted by Crippen LogP contribution is 2.20. The average molecular weight is 251 g/mol. The van der Waals surface area contributed by atoms with Gasteiger partial charge in [-0.15, -0.1) is 11.3 Å². The molecule has 0 saturated heterocycles. The third-order valence-corrected chi connectivity index (χ3v) is 3.48. The van der Waals surface area contributed by atoms with Gasteiger partial charge in [-0.2, -0.15) is 0 Å². The van der Waals surface area contributed by atoms with Gasteiger partial charge in [-0.1, -0.05) is 19.1 Å². The van der Waals surface area contributed by atoms with Gasteiger partial charge in [-0.05, 0) is 17.7 Å². The molecule has 1 N–H and O–H groups in total. The molecule has 0 aliphatic rings. The maximum absolute atomic E-state index is 12.7. The molecule has 1 heterocycles. The van der Waals surface area contributed by atoms with Gasteiger partial charge in [0.1, 0.15) is 5.82 Å². The Balaban J connectivity index is 2.08. The first-order valence-corrected chi connectivity index (χ1v) is 6.36. The van der Waals surface area contributed by atoms with Crippen LogP contribution in [0.2, 0.25) is 0 Å². The number of aliphatic hydroxyl groups excluding tert-OH is 1. The topological polar surface area (TPSA) is 33.1 Å². The van der Waals surface area contributed by atoms with Crippen molar-refractivity contribution in [3.8, 4) is 0 Å². The molecule has 0 fully saturated rings. The van der Waals surface area contributed by atoms with Crippen molar-refractivity contribution in [2.75, 3.05) is 6.61 Å². The molecule has 0 bridgehead atoms. The highest BCUT2D eigenvalue weighted by Gasteiger charge is 2.09. The summed E-state index contributed by atoms with van der Waals surface area (Å²) in [6.07, 6.45) is 0.711. The van der Waals surface area contributed by atoms with E-state index < -0.39 is 0 Å². The van der Waals surface area contributed by atoms with Crippen LogP contribution in [-0.4, -0.2) is 16.7 Å². The molecular weight excluding hydrogens is 237 g/mol. The van der Waals surface area contributed by atoms with Gasteiger partial charge < -0.3 is 5.11 Å². The zero-order valence-corrected chi connectivity index (χ0v) is 10.4. The molecule has 1 aromatic carbocycles. The Hall–Kier alpha value is -1.26. The number of benzene rings is 1. The van der Waals surface area contributed by atoms with Crippen molar-refractivity contribution in [3.05, 3.63) is 51.7 Å². The van der Waals surface area contributed by atoms with Gasteiger partial charge in [0.15, 0.2) is 0 Å². The predicted molar refractivity (Wildman–Crippen MR) is 66.8 cm³/mol. The van der Waals surface area contributed by atoms with E-state index in [2.05, 4.69) is 4.98 Å². The van der Waals surface area contributed by atoms with E-state index in [9.17, 15) is 4.39 Å². The van der Waals surface area contributed by atoms with Crippen molar-refractivity contribution in [3.63, 3.8) is 0 Å². The number of rotatable bonds is 4. The predicted octanol–water partition coefficient (Wildman–Crippen LogP) is 2.97. The van der Waals surface area contributed by atoms with Crippen LogP contribution in [0.1, 0.15) is 29.1 Å². The molecule has 0 saturated carbocycles. The highest BCUT2D eigenvalue weighted by atomic mass is 32.1. The smallest absolute Gasteiger partial charge is 0.123 e. The minimum absolute atomic E-state index is 0.0771. The SMILES string of the molecule is CC(CO)c1csc(Cc2ccc(F)cc2)n1. The van der Waals surface area contributed by atoms with Gasteiger partial charge in [0.2, 0.25) is 0 Å². The van der Waals surface area contributed by atoms with Crippen LogP contribution < -0.4 is 0 Å². The Bertz CT molecular complexity index is 480. The zero-order valence-electron chi connectivity index (χ0n) is 9.56. The van der Waals surface area contributed by atoms with Gasteiger partial charge in [0, 0.05) is 17.7 Å². The number of thiazole rings is 1. The van der Waals surface area contributed by atoms with E-state index in [-0.39, 0.29) is 18.3 Å². The fourth-order valence-electron chi connectivity index (χ4n) is 1.50. The zero-order chi connectivity index (χ0) is 12.3. The van der Waals surface area contributed by atoms with Gasteiger partial charge in [0.25, 0.3) is 0 Å². The Labute approximate surface area is 104 Å². The van der Waals surface area contributed by atoms with Crippen molar-refractivity contribution in [1.82, 2.24) is 4.98 Å². The van der Waals surface area contributed by atoms with Crippen molar-refractivity contribution >= 4 is 11.3 Å². The first-order chi connectivity index (χ1) is 8.19. The van der Waals surface area contributed by atoms with E-state index in [4.69, 9.17) is 5.11 Å². The first-order valence-electron chi connectivity index (χ1n) is 5.48. The van der Waals surface area contributed by atoms with Gasteiger partial charge >= 0.3 is 0 Å². The summed E-state index contributed by atoms with van der Waals surface area (Å²) in [6.45, 7) is 2.05. The molecule has 1 unspecified atom stereocenters. The van der Waals surface area contributed by atoms with Crippen LogP contribution in [0.15, 0.2) is 29.6 Å². The number of aliphatic hydroxyl groups is 1. The lowest BCUT2D eigenvalue weighted by Crippen LogP contribution is -1.99. The minimum Gasteiger partial charge on any atom is -0.396 e. The van der Waals surface area contributed by atoms with E-state index in [1.807, 2.05) is 12.3 Å². The molecule has 2 aromatic rings. The monoisotopic (exact) mass is 251 g/mol. The summed E-state index contributed by atoms with van der Waals surface area (Å²) in [5.74, 6) is -0.143. The normalized spacial score (nSPS) is 12.6. The molecule has 90 valence electrons. The Morgan fingerprint density at radius 1 is 1.35 bits per heavy atom. The Kier molecular flexibility index (Phi) is 3.86. The number of hydrogen-bond donors (Lipinski definition) is 1. The van der Waals surface area contributed by atoms with Crippen LogP contribution >= 0.6 is 11.3 Å². The van der Waals surface area contributed by atoms with Crippen LogP contribution in [0.25, 0.3) is 0 Å². The van der Waals surface area contributed by atoms with E-state index in [1.165, 1.54) is 12.1 Å². The summed E-state index contributed by atoms with van der Waals surface area (Å²) in [7, 11) is 0. The van der Waals surface area contributed by atoms with Crippen LogP contribution in [-0.2, 0) is 6.42 Å². The van der Waals surface area contributed by atoms with Crippen molar-refractivity contribution in [1.29, 1.82) is 0 Å². The first kappa shape index (κ1) is 12.2. The molecular formula is C13H14FNOS. The van der Waals surface area contributed by atoms with E-state index >= 15 is 0 Å². The minimum atomic E-state index is -0.220. The molecule has 0 aliphatic carbocycles. The van der Waals surface area contributed by atoms with Gasteiger partial charge in [-0.3, -0.25) is 0 Å². The summed E-state index contributed by atoms with van der Waals surface area (Å²) in [5.41, 5.74) is 1.97. The quantitative estimate of drug-likeness (QED) is 0.906. The van der Waals surface area contributed by atoms with Crippen molar-refractivity contribution in [2.24, 2.45) is 0 Å². The van der Waals surface area contributed by atoms with E-state index in [0.29, 0.717) is 6.42 Å². The van der Waals surface area contributed by atoms with Crippen LogP contribution in [0, 0.1) is 5.82 Å². The third-order valence-electron chi connectivity index (χ3n) is 2.62. The average Bonchev–Trinajstić information content (AvgIpc) is 2.80. The summed E-state index contributed by atoms with van der Waals surface area (Å²) in [5, 5.41) is 12.0. The summed E-state index contributed by atoms with van der Waals surface area (Å²) < 4.78 is 12.7. The molecule has 0 amide bonds. The Morgan fingerprint density at radius 2 is 2.06 bits per heavy atom. The lowest BCUT2D eigenvalue weighted by Gasteiger charge is -2.02. The second-order valence-corrected chi connectivity index (χ2v) is 5.00. The molecule has 0 spiro atoms. The molecule has 0 radical (unpaired) electrons. The van der Waals surface area contributed by atoms with Crippen LogP contribution in [0.4, 0.5) is 4.39 Å². The Morgan fingerprint density at radius 3 is 2.71 bits per heavy atom. The van der Waals surface area contributed by atoms with Gasteiger partial charge in [0.05, 0.1) is 17.3 Å². The summed E-state index contributed by atoms with van der Waals surface area (Å²) in [6, 6.07) is 6.46. The summed E-state index contributed by atoms with van der Waals surface area (Å²) in [4.78, 5) is 4.46. The number of aromatic nitrogens is 1. The molecule has 0 aliphatic heterocycles. The molecule has 4 heteroatoms. The molecule has 1 atom stereocenters. The maximum Gasteiger partial charge on any atom is 0.123 e. The highest BCUT2D eigenvalue weighted by molar-refractivity contribution is 7.09. The second-order valence-electron chi connectivity index (χ2n) is 4.05. The fourth-order valence-corrected chi connectivity index (χ4v) is 2.45. The van der Waals surface area contributed by atoms with Crippen LogP contribution in [0.5, 0.6) is 0 Å². The third kappa shape index (κ3) is 3.11. The molecule has 2 rings (SSSR count). The number of nitrogens with zero attached hydrogens (tertiary/aromatic N) is 1. The molecule has 2 nitrogen and oxygen atoms in total. The van der Waals surface area contributed by atoms with Crippen molar-refractivity contribution < 1.29 is 9.50 Å².